The summed E-state index contributed by atoms with van der Waals surface area (Å²) in [4.78, 5) is 38.5. The summed E-state index contributed by atoms with van der Waals surface area (Å²) in [7, 11) is 0. The molecule has 148 valence electrons. The molecule has 2 rings (SSSR count). The molecular formula is C20H29N3O4. The Morgan fingerprint density at radius 3 is 2.59 bits per heavy atom. The summed E-state index contributed by atoms with van der Waals surface area (Å²) in [5, 5.41) is 12.1. The zero-order valence-corrected chi connectivity index (χ0v) is 15.8. The van der Waals surface area contributed by atoms with Crippen LogP contribution in [0.1, 0.15) is 51.0 Å². The molecule has 0 saturated carbocycles. The average molecular weight is 375 g/mol. The van der Waals surface area contributed by atoms with Crippen molar-refractivity contribution in [2.24, 2.45) is 5.73 Å². The molecule has 4 N–H and O–H groups in total. The molecule has 1 fully saturated rings. The molecule has 1 aliphatic rings. The minimum Gasteiger partial charge on any atom is -0.508 e. The number of nitrogens with zero attached hydrogens (tertiary/aromatic N) is 1. The molecule has 0 spiro atoms. The maximum Gasteiger partial charge on any atom is 0.243 e. The van der Waals surface area contributed by atoms with Gasteiger partial charge in [-0.2, -0.15) is 0 Å². The van der Waals surface area contributed by atoms with E-state index >= 15 is 0 Å². The van der Waals surface area contributed by atoms with Crippen molar-refractivity contribution in [1.29, 1.82) is 0 Å². The van der Waals surface area contributed by atoms with Gasteiger partial charge in [0.05, 0.1) is 0 Å². The first-order chi connectivity index (χ1) is 12.9. The highest BCUT2D eigenvalue weighted by Crippen LogP contribution is 2.20. The van der Waals surface area contributed by atoms with Gasteiger partial charge in [-0.05, 0) is 37.0 Å². The lowest BCUT2D eigenvalue weighted by atomic mass is 10.0. The average Bonchev–Trinajstić information content (AvgIpc) is 3.13. The van der Waals surface area contributed by atoms with Crippen molar-refractivity contribution in [2.75, 3.05) is 6.54 Å². The Bertz CT molecular complexity index is 660. The fourth-order valence-electron chi connectivity index (χ4n) is 3.37. The van der Waals surface area contributed by atoms with Crippen LogP contribution < -0.4 is 11.1 Å². The van der Waals surface area contributed by atoms with Crippen molar-refractivity contribution in [3.63, 3.8) is 0 Å². The van der Waals surface area contributed by atoms with Crippen molar-refractivity contribution < 1.29 is 19.5 Å². The molecule has 1 aromatic rings. The predicted molar refractivity (Wildman–Crippen MR) is 102 cm³/mol. The van der Waals surface area contributed by atoms with Crippen molar-refractivity contribution in [2.45, 2.75) is 64.0 Å². The standard InChI is InChI=1S/C20H29N3O4/c1-2-3-4-7-18(25)23-12-5-6-17(23)20(27)22-16(19(21)26)13-14-8-10-15(24)11-9-14/h8-11,16-17,24H,2-7,12-13H2,1H3,(H2,21,26)(H,22,27)/t16-,17-/m0/s1. The van der Waals surface area contributed by atoms with Gasteiger partial charge < -0.3 is 21.1 Å². The summed E-state index contributed by atoms with van der Waals surface area (Å²) in [6, 6.07) is 4.99. The maximum atomic E-state index is 12.7. The minimum absolute atomic E-state index is 0.00439. The molecule has 1 saturated heterocycles. The molecule has 3 amide bonds. The summed E-state index contributed by atoms with van der Waals surface area (Å²) >= 11 is 0. The van der Waals surface area contributed by atoms with E-state index in [-0.39, 0.29) is 24.0 Å². The first-order valence-electron chi connectivity index (χ1n) is 9.59. The number of amides is 3. The third kappa shape index (κ3) is 5.98. The van der Waals surface area contributed by atoms with E-state index in [1.165, 1.54) is 12.1 Å². The highest BCUT2D eigenvalue weighted by atomic mass is 16.3. The number of primary amides is 1. The largest absolute Gasteiger partial charge is 0.508 e. The molecule has 1 heterocycles. The van der Waals surface area contributed by atoms with E-state index in [0.29, 0.717) is 19.4 Å². The van der Waals surface area contributed by atoms with E-state index in [9.17, 15) is 19.5 Å². The number of nitrogens with one attached hydrogen (secondary N) is 1. The molecule has 0 aromatic heterocycles. The highest BCUT2D eigenvalue weighted by Gasteiger charge is 2.35. The number of likely N-dealkylation sites (tertiary alicyclic amines) is 1. The number of carbonyl (C=O) groups excluding carboxylic acids is 3. The van der Waals surface area contributed by atoms with Gasteiger partial charge >= 0.3 is 0 Å². The third-order valence-corrected chi connectivity index (χ3v) is 4.91. The van der Waals surface area contributed by atoms with Gasteiger partial charge in [-0.3, -0.25) is 14.4 Å². The summed E-state index contributed by atoms with van der Waals surface area (Å²) in [5.74, 6) is -0.842. The Hall–Kier alpha value is -2.57. The predicted octanol–water partition coefficient (Wildman–Crippen LogP) is 1.48. The maximum absolute atomic E-state index is 12.7. The van der Waals surface area contributed by atoms with E-state index in [2.05, 4.69) is 12.2 Å². The first kappa shape index (κ1) is 20.7. The number of hydrogen-bond acceptors (Lipinski definition) is 4. The number of phenols is 1. The number of nitrogens with two attached hydrogens (primary N) is 1. The van der Waals surface area contributed by atoms with Crippen LogP contribution in [0.5, 0.6) is 5.75 Å². The third-order valence-electron chi connectivity index (χ3n) is 4.91. The number of hydrogen-bond donors (Lipinski definition) is 3. The minimum atomic E-state index is -0.861. The van der Waals surface area contributed by atoms with Crippen LogP contribution in [-0.2, 0) is 20.8 Å². The van der Waals surface area contributed by atoms with Crippen LogP contribution in [0.15, 0.2) is 24.3 Å². The van der Waals surface area contributed by atoms with Crippen LogP contribution in [-0.4, -0.2) is 46.4 Å². The number of unbranched alkanes of at least 4 members (excludes halogenated alkanes) is 2. The van der Waals surface area contributed by atoms with E-state index in [4.69, 9.17) is 5.73 Å². The van der Waals surface area contributed by atoms with Crippen LogP contribution in [0.2, 0.25) is 0 Å². The summed E-state index contributed by atoms with van der Waals surface area (Å²) < 4.78 is 0. The van der Waals surface area contributed by atoms with Crippen LogP contribution in [0, 0.1) is 0 Å². The molecule has 7 heteroatoms. The lowest BCUT2D eigenvalue weighted by Gasteiger charge is -2.26. The Labute approximate surface area is 159 Å². The van der Waals surface area contributed by atoms with Gasteiger partial charge in [0.15, 0.2) is 0 Å². The summed E-state index contributed by atoms with van der Waals surface area (Å²) in [5.41, 5.74) is 6.23. The van der Waals surface area contributed by atoms with Gasteiger partial charge in [0.2, 0.25) is 17.7 Å². The molecular weight excluding hydrogens is 346 g/mol. The Morgan fingerprint density at radius 1 is 1.26 bits per heavy atom. The summed E-state index contributed by atoms with van der Waals surface area (Å²) in [6.07, 6.45) is 4.91. The monoisotopic (exact) mass is 375 g/mol. The quantitative estimate of drug-likeness (QED) is 0.567. The lowest BCUT2D eigenvalue weighted by molar-refractivity contribution is -0.139. The molecule has 0 aliphatic carbocycles. The molecule has 7 nitrogen and oxygen atoms in total. The summed E-state index contributed by atoms with van der Waals surface area (Å²) in [6.45, 7) is 2.65. The van der Waals surface area contributed by atoms with E-state index in [1.807, 2.05) is 0 Å². The molecule has 1 aromatic carbocycles. The second kappa shape index (κ2) is 9.94. The van der Waals surface area contributed by atoms with Crippen molar-refractivity contribution in [3.05, 3.63) is 29.8 Å². The Balaban J connectivity index is 1.98. The van der Waals surface area contributed by atoms with Gasteiger partial charge in [-0.25, -0.2) is 0 Å². The first-order valence-corrected chi connectivity index (χ1v) is 9.59. The fraction of sp³-hybridized carbons (Fsp3) is 0.550. The Morgan fingerprint density at radius 2 is 1.96 bits per heavy atom. The van der Waals surface area contributed by atoms with E-state index < -0.39 is 18.0 Å². The van der Waals surface area contributed by atoms with Crippen LogP contribution in [0.4, 0.5) is 0 Å². The number of benzene rings is 1. The van der Waals surface area contributed by atoms with Crippen molar-refractivity contribution in [1.82, 2.24) is 10.2 Å². The SMILES string of the molecule is CCCCCC(=O)N1CCC[C@H]1C(=O)N[C@@H](Cc1ccc(O)cc1)C(N)=O. The molecule has 2 atom stereocenters. The topological polar surface area (TPSA) is 113 Å². The normalized spacial score (nSPS) is 17.5. The van der Waals surface area contributed by atoms with Gasteiger partial charge in [0.25, 0.3) is 0 Å². The van der Waals surface area contributed by atoms with Crippen LogP contribution >= 0.6 is 0 Å². The fourth-order valence-corrected chi connectivity index (χ4v) is 3.37. The molecule has 0 unspecified atom stereocenters. The molecule has 1 aliphatic heterocycles. The van der Waals surface area contributed by atoms with Crippen LogP contribution in [0.25, 0.3) is 0 Å². The molecule has 27 heavy (non-hydrogen) atoms. The Kier molecular flexibility index (Phi) is 7.64. The van der Waals surface area contributed by atoms with Gasteiger partial charge in [0, 0.05) is 19.4 Å². The van der Waals surface area contributed by atoms with Gasteiger partial charge in [-0.15, -0.1) is 0 Å². The lowest BCUT2D eigenvalue weighted by Crippen LogP contribution is -2.53. The van der Waals surface area contributed by atoms with Crippen molar-refractivity contribution in [3.8, 4) is 5.75 Å². The number of carbonyl (C=O) groups is 3. The molecule has 0 bridgehead atoms. The van der Waals surface area contributed by atoms with E-state index in [0.717, 1.165) is 31.2 Å². The van der Waals surface area contributed by atoms with Gasteiger partial charge in [0.1, 0.15) is 17.8 Å². The number of aromatic hydroxyl groups is 1. The van der Waals surface area contributed by atoms with E-state index in [1.54, 1.807) is 17.0 Å². The van der Waals surface area contributed by atoms with Crippen LogP contribution in [0.3, 0.4) is 0 Å². The number of rotatable bonds is 9. The smallest absolute Gasteiger partial charge is 0.243 e. The second-order valence-electron chi connectivity index (χ2n) is 7.04. The highest BCUT2D eigenvalue weighted by molar-refractivity contribution is 5.92. The van der Waals surface area contributed by atoms with Crippen molar-refractivity contribution >= 4 is 17.7 Å². The zero-order valence-electron chi connectivity index (χ0n) is 15.8. The number of phenolic OH excluding ortho intramolecular Hbond substituents is 1. The van der Waals surface area contributed by atoms with Gasteiger partial charge in [-0.1, -0.05) is 31.9 Å². The molecule has 0 radical (unpaired) electrons. The second-order valence-corrected chi connectivity index (χ2v) is 7.04. The zero-order chi connectivity index (χ0) is 19.8.